The molecule has 0 fully saturated rings. The van der Waals surface area contributed by atoms with E-state index >= 15 is 0 Å². The molecule has 6 nitrogen and oxygen atoms in total. The maximum absolute atomic E-state index is 11.8. The molecule has 2 rings (SSSR count). The second kappa shape index (κ2) is 4.82. The van der Waals surface area contributed by atoms with Gasteiger partial charge in [-0.2, -0.15) is 0 Å². The number of hydrogen-bond acceptors (Lipinski definition) is 4. The molecule has 7 heteroatoms. The molecule has 1 N–H and O–H groups in total. The van der Waals surface area contributed by atoms with Crippen molar-refractivity contribution in [1.29, 1.82) is 0 Å². The number of rotatable bonds is 2. The molecule has 1 unspecified atom stereocenters. The lowest BCUT2D eigenvalue weighted by Crippen LogP contribution is -2.41. The Hall–Kier alpha value is -1.60. The topological polar surface area (TPSA) is 75.7 Å². The Kier molecular flexibility index (Phi) is 3.51. The predicted octanol–water partition coefficient (Wildman–Crippen LogP) is 0.728. The van der Waals surface area contributed by atoms with Crippen LogP contribution < -0.4 is 14.4 Å². The van der Waals surface area contributed by atoms with E-state index in [2.05, 4.69) is 4.72 Å². The largest absolute Gasteiger partial charge is 0.487 e. The first kappa shape index (κ1) is 13.8. The first-order chi connectivity index (χ1) is 8.85. The van der Waals surface area contributed by atoms with Crippen LogP contribution in [-0.4, -0.2) is 34.0 Å². The highest BCUT2D eigenvalue weighted by molar-refractivity contribution is 7.89. The molecule has 0 aromatic heterocycles. The van der Waals surface area contributed by atoms with Crippen LogP contribution in [-0.2, 0) is 14.8 Å². The molecule has 1 aliphatic heterocycles. The molecular weight excluding hydrogens is 268 g/mol. The third-order valence-electron chi connectivity index (χ3n) is 2.95. The number of fused-ring (bicyclic) bond motifs is 1. The van der Waals surface area contributed by atoms with E-state index in [0.29, 0.717) is 18.0 Å². The van der Waals surface area contributed by atoms with Crippen LogP contribution >= 0.6 is 0 Å². The van der Waals surface area contributed by atoms with Crippen molar-refractivity contribution < 1.29 is 17.9 Å². The summed E-state index contributed by atoms with van der Waals surface area (Å²) in [6, 6.07) is 4.49. The molecule has 0 bridgehead atoms. The average molecular weight is 284 g/mol. The van der Waals surface area contributed by atoms with E-state index in [-0.39, 0.29) is 16.9 Å². The Bertz CT molecular complexity index is 612. The summed E-state index contributed by atoms with van der Waals surface area (Å²) in [5.41, 5.74) is 0.488. The zero-order chi connectivity index (χ0) is 14.2. The highest BCUT2D eigenvalue weighted by Crippen LogP contribution is 2.35. The highest BCUT2D eigenvalue weighted by Gasteiger charge is 2.27. The van der Waals surface area contributed by atoms with Crippen molar-refractivity contribution in [3.05, 3.63) is 18.2 Å². The van der Waals surface area contributed by atoms with E-state index in [1.165, 1.54) is 31.0 Å². The molecule has 1 aliphatic rings. The molecule has 1 aromatic carbocycles. The lowest BCUT2D eigenvalue weighted by Gasteiger charge is -2.33. The Morgan fingerprint density at radius 1 is 1.47 bits per heavy atom. The van der Waals surface area contributed by atoms with Crippen molar-refractivity contribution in [2.45, 2.75) is 24.8 Å². The third-order valence-corrected chi connectivity index (χ3v) is 4.36. The van der Waals surface area contributed by atoms with Gasteiger partial charge in [0.1, 0.15) is 11.9 Å². The first-order valence-corrected chi connectivity index (χ1v) is 7.36. The van der Waals surface area contributed by atoms with Crippen molar-refractivity contribution in [2.75, 3.05) is 18.5 Å². The molecule has 1 aromatic rings. The van der Waals surface area contributed by atoms with Gasteiger partial charge < -0.3 is 9.64 Å². The van der Waals surface area contributed by atoms with Gasteiger partial charge in [0, 0.05) is 6.92 Å². The van der Waals surface area contributed by atoms with Crippen LogP contribution in [0.5, 0.6) is 5.75 Å². The number of sulfonamides is 1. The normalized spacial score (nSPS) is 18.7. The maximum Gasteiger partial charge on any atom is 0.240 e. The summed E-state index contributed by atoms with van der Waals surface area (Å²) in [5.74, 6) is 0.374. The Balaban J connectivity index is 2.54. The van der Waals surface area contributed by atoms with Gasteiger partial charge in [-0.05, 0) is 32.2 Å². The number of carbonyl (C=O) groups excluding carboxylic acids is 1. The standard InChI is InChI=1S/C12H16N2O4S/c1-8-7-14(9(2)15)11-6-10(19(16,17)13-3)4-5-12(11)18-8/h4-6,8,13H,7H2,1-3H3. The van der Waals surface area contributed by atoms with Crippen LogP contribution in [0.3, 0.4) is 0 Å². The summed E-state index contributed by atoms with van der Waals surface area (Å²) in [4.78, 5) is 13.3. The number of nitrogens with one attached hydrogen (secondary N) is 1. The summed E-state index contributed by atoms with van der Waals surface area (Å²) in [5, 5.41) is 0. The fourth-order valence-electron chi connectivity index (χ4n) is 2.00. The van der Waals surface area contributed by atoms with Gasteiger partial charge in [0.2, 0.25) is 15.9 Å². The van der Waals surface area contributed by atoms with Gasteiger partial charge in [-0.1, -0.05) is 0 Å². The van der Waals surface area contributed by atoms with Gasteiger partial charge in [-0.15, -0.1) is 0 Å². The zero-order valence-corrected chi connectivity index (χ0v) is 11.8. The van der Waals surface area contributed by atoms with Gasteiger partial charge in [0.05, 0.1) is 17.1 Å². The molecular formula is C12H16N2O4S. The van der Waals surface area contributed by atoms with Gasteiger partial charge in [-0.3, -0.25) is 4.79 Å². The van der Waals surface area contributed by atoms with E-state index in [0.717, 1.165) is 0 Å². The molecule has 1 heterocycles. The third kappa shape index (κ3) is 2.57. The van der Waals surface area contributed by atoms with E-state index in [1.807, 2.05) is 6.92 Å². The lowest BCUT2D eigenvalue weighted by molar-refractivity contribution is -0.117. The van der Waals surface area contributed by atoms with Crippen molar-refractivity contribution in [2.24, 2.45) is 0 Å². The van der Waals surface area contributed by atoms with Gasteiger partial charge >= 0.3 is 0 Å². The Labute approximate surface area is 112 Å². The number of amides is 1. The van der Waals surface area contributed by atoms with E-state index in [1.54, 1.807) is 6.07 Å². The lowest BCUT2D eigenvalue weighted by atomic mass is 10.2. The summed E-state index contributed by atoms with van der Waals surface area (Å²) < 4.78 is 31.4. The molecule has 0 saturated carbocycles. The van der Waals surface area contributed by atoms with E-state index in [9.17, 15) is 13.2 Å². The van der Waals surface area contributed by atoms with Crippen molar-refractivity contribution in [1.82, 2.24) is 4.72 Å². The minimum Gasteiger partial charge on any atom is -0.487 e. The Morgan fingerprint density at radius 2 is 2.16 bits per heavy atom. The molecule has 1 amide bonds. The first-order valence-electron chi connectivity index (χ1n) is 5.87. The Morgan fingerprint density at radius 3 is 2.74 bits per heavy atom. The minimum atomic E-state index is -3.54. The number of ether oxygens (including phenoxy) is 1. The van der Waals surface area contributed by atoms with Crippen LogP contribution in [0.1, 0.15) is 13.8 Å². The van der Waals surface area contributed by atoms with Gasteiger partial charge in [-0.25, -0.2) is 13.1 Å². The van der Waals surface area contributed by atoms with Crippen LogP contribution in [0, 0.1) is 0 Å². The fourth-order valence-corrected chi connectivity index (χ4v) is 2.75. The molecule has 0 aliphatic carbocycles. The van der Waals surface area contributed by atoms with Crippen molar-refractivity contribution >= 4 is 21.6 Å². The van der Waals surface area contributed by atoms with Crippen molar-refractivity contribution in [3.8, 4) is 5.75 Å². The number of carbonyl (C=O) groups is 1. The van der Waals surface area contributed by atoms with Crippen LogP contribution in [0.15, 0.2) is 23.1 Å². The second-order valence-electron chi connectivity index (χ2n) is 4.40. The molecule has 0 spiro atoms. The zero-order valence-electron chi connectivity index (χ0n) is 11.0. The van der Waals surface area contributed by atoms with E-state index in [4.69, 9.17) is 4.74 Å². The molecule has 19 heavy (non-hydrogen) atoms. The van der Waals surface area contributed by atoms with E-state index < -0.39 is 10.0 Å². The SMILES string of the molecule is CNS(=O)(=O)c1ccc2c(c1)N(C(C)=O)CC(C)O2. The summed E-state index contributed by atoms with van der Waals surface area (Å²) in [6.07, 6.45) is -0.122. The molecule has 0 radical (unpaired) electrons. The number of hydrogen-bond donors (Lipinski definition) is 1. The van der Waals surface area contributed by atoms with Gasteiger partial charge in [0.25, 0.3) is 0 Å². The second-order valence-corrected chi connectivity index (χ2v) is 6.28. The average Bonchev–Trinajstić information content (AvgIpc) is 2.36. The summed E-state index contributed by atoms with van der Waals surface area (Å²) >= 11 is 0. The fraction of sp³-hybridized carbons (Fsp3) is 0.417. The number of anilines is 1. The summed E-state index contributed by atoms with van der Waals surface area (Å²) in [6.45, 7) is 3.71. The molecule has 1 atom stereocenters. The highest BCUT2D eigenvalue weighted by atomic mass is 32.2. The number of nitrogens with zero attached hydrogens (tertiary/aromatic N) is 1. The van der Waals surface area contributed by atoms with Crippen LogP contribution in [0.25, 0.3) is 0 Å². The quantitative estimate of drug-likeness (QED) is 0.868. The molecule has 0 saturated heterocycles. The minimum absolute atomic E-state index is 0.109. The smallest absolute Gasteiger partial charge is 0.240 e. The van der Waals surface area contributed by atoms with Crippen molar-refractivity contribution in [3.63, 3.8) is 0 Å². The monoisotopic (exact) mass is 284 g/mol. The number of benzene rings is 1. The molecule has 104 valence electrons. The maximum atomic E-state index is 11.8. The van der Waals surface area contributed by atoms with Crippen LogP contribution in [0.4, 0.5) is 5.69 Å². The predicted molar refractivity (Wildman–Crippen MR) is 70.8 cm³/mol. The summed E-state index contributed by atoms with van der Waals surface area (Å²) in [7, 11) is -2.19. The van der Waals surface area contributed by atoms with Crippen LogP contribution in [0.2, 0.25) is 0 Å². The van der Waals surface area contributed by atoms with Gasteiger partial charge in [0.15, 0.2) is 0 Å².